The molecule has 0 aromatic heterocycles. The molecule has 1 aromatic rings. The van der Waals surface area contributed by atoms with Gasteiger partial charge in [-0.15, -0.1) is 0 Å². The molecular weight excluding hydrogens is 322 g/mol. The molecule has 1 saturated heterocycles. The standard InChI is InChI=1S/C22H21N3O/c1-4-9-15(14(2)3)18-20-19(16-10-5-6-11-17(16)21(18)26)23-22(24-20)25-12-7-8-13-25/h4-6,9-11H,1-2,7-8,12-13H2,3H3/b15-9+. The second-order valence-electron chi connectivity index (χ2n) is 6.76. The summed E-state index contributed by atoms with van der Waals surface area (Å²) in [6, 6.07) is 7.62. The SMILES string of the molecule is C=C/C=C(\C(=C)C)C1=C2N=C(N3CCCC3)N=C2c2ccccc2C1=O. The Hall–Kier alpha value is -3.01. The predicted octanol–water partition coefficient (Wildman–Crippen LogP) is 4.08. The summed E-state index contributed by atoms with van der Waals surface area (Å²) in [5.74, 6) is 0.686. The van der Waals surface area contributed by atoms with Crippen molar-refractivity contribution in [2.45, 2.75) is 19.8 Å². The zero-order valence-electron chi connectivity index (χ0n) is 15.0. The molecule has 1 aromatic carbocycles. The molecular formula is C22H21N3O. The van der Waals surface area contributed by atoms with E-state index >= 15 is 0 Å². The highest BCUT2D eigenvalue weighted by molar-refractivity contribution is 6.33. The topological polar surface area (TPSA) is 45.0 Å². The fourth-order valence-corrected chi connectivity index (χ4v) is 3.69. The van der Waals surface area contributed by atoms with Gasteiger partial charge in [-0.05, 0) is 25.3 Å². The quantitative estimate of drug-likeness (QED) is 0.776. The van der Waals surface area contributed by atoms with Crippen molar-refractivity contribution < 1.29 is 4.79 Å². The predicted molar refractivity (Wildman–Crippen MR) is 106 cm³/mol. The third-order valence-corrected chi connectivity index (χ3v) is 4.94. The van der Waals surface area contributed by atoms with Crippen molar-refractivity contribution in [3.8, 4) is 0 Å². The van der Waals surface area contributed by atoms with Gasteiger partial charge in [-0.25, -0.2) is 9.98 Å². The lowest BCUT2D eigenvalue weighted by atomic mass is 9.82. The van der Waals surface area contributed by atoms with E-state index in [-0.39, 0.29) is 5.78 Å². The zero-order chi connectivity index (χ0) is 18.3. The minimum atomic E-state index is -0.0305. The first-order chi connectivity index (χ1) is 12.6. The van der Waals surface area contributed by atoms with Gasteiger partial charge in [0.1, 0.15) is 11.4 Å². The fourth-order valence-electron chi connectivity index (χ4n) is 3.69. The van der Waals surface area contributed by atoms with Gasteiger partial charge in [-0.2, -0.15) is 0 Å². The highest BCUT2D eigenvalue weighted by Gasteiger charge is 2.36. The van der Waals surface area contributed by atoms with Crippen LogP contribution >= 0.6 is 0 Å². The second-order valence-corrected chi connectivity index (χ2v) is 6.76. The van der Waals surface area contributed by atoms with E-state index < -0.39 is 0 Å². The molecule has 0 spiro atoms. The number of benzene rings is 1. The van der Waals surface area contributed by atoms with Crippen molar-refractivity contribution >= 4 is 17.5 Å². The van der Waals surface area contributed by atoms with Crippen LogP contribution in [0.2, 0.25) is 0 Å². The number of ketones is 1. The minimum Gasteiger partial charge on any atom is -0.341 e. The molecule has 1 aliphatic carbocycles. The van der Waals surface area contributed by atoms with Gasteiger partial charge in [0.25, 0.3) is 0 Å². The van der Waals surface area contributed by atoms with Crippen LogP contribution in [0.3, 0.4) is 0 Å². The van der Waals surface area contributed by atoms with E-state index in [2.05, 4.69) is 18.1 Å². The molecule has 0 radical (unpaired) electrons. The number of guanidine groups is 1. The number of carbonyl (C=O) groups excluding carboxylic acids is 1. The van der Waals surface area contributed by atoms with Gasteiger partial charge in [0.15, 0.2) is 5.78 Å². The molecule has 3 aliphatic rings. The van der Waals surface area contributed by atoms with E-state index in [1.807, 2.05) is 37.3 Å². The lowest BCUT2D eigenvalue weighted by Gasteiger charge is -2.21. The monoisotopic (exact) mass is 343 g/mol. The Kier molecular flexibility index (Phi) is 4.03. The molecule has 0 unspecified atom stereocenters. The average molecular weight is 343 g/mol. The van der Waals surface area contributed by atoms with Crippen LogP contribution in [0.5, 0.6) is 0 Å². The van der Waals surface area contributed by atoms with Crippen molar-refractivity contribution in [3.05, 3.63) is 83.1 Å². The minimum absolute atomic E-state index is 0.0305. The molecule has 0 atom stereocenters. The smallest absolute Gasteiger partial charge is 0.226 e. The first-order valence-corrected chi connectivity index (χ1v) is 8.92. The Morgan fingerprint density at radius 3 is 2.50 bits per heavy atom. The summed E-state index contributed by atoms with van der Waals surface area (Å²) in [4.78, 5) is 25.1. The largest absolute Gasteiger partial charge is 0.341 e. The van der Waals surface area contributed by atoms with E-state index in [1.54, 1.807) is 6.08 Å². The van der Waals surface area contributed by atoms with E-state index in [1.165, 1.54) is 0 Å². The highest BCUT2D eigenvalue weighted by Crippen LogP contribution is 2.36. The maximum Gasteiger partial charge on any atom is 0.226 e. The number of hydrogen-bond acceptors (Lipinski definition) is 4. The van der Waals surface area contributed by atoms with E-state index in [0.717, 1.165) is 48.4 Å². The Morgan fingerprint density at radius 1 is 1.15 bits per heavy atom. The molecule has 0 bridgehead atoms. The Labute approximate surface area is 153 Å². The van der Waals surface area contributed by atoms with Gasteiger partial charge in [0.05, 0.1) is 5.57 Å². The molecule has 4 nitrogen and oxygen atoms in total. The Morgan fingerprint density at radius 2 is 1.85 bits per heavy atom. The molecule has 0 N–H and O–H groups in total. The van der Waals surface area contributed by atoms with Crippen molar-refractivity contribution in [3.63, 3.8) is 0 Å². The third-order valence-electron chi connectivity index (χ3n) is 4.94. The summed E-state index contributed by atoms with van der Waals surface area (Å²) in [5, 5.41) is 0. The lowest BCUT2D eigenvalue weighted by Crippen LogP contribution is -2.25. The summed E-state index contributed by atoms with van der Waals surface area (Å²) >= 11 is 0. The number of nitrogens with zero attached hydrogens (tertiary/aromatic N) is 3. The summed E-state index contributed by atoms with van der Waals surface area (Å²) in [7, 11) is 0. The van der Waals surface area contributed by atoms with Crippen LogP contribution in [0.4, 0.5) is 0 Å². The summed E-state index contributed by atoms with van der Waals surface area (Å²) in [5.41, 5.74) is 5.12. The molecule has 0 saturated carbocycles. The molecule has 2 heterocycles. The number of hydrogen-bond donors (Lipinski definition) is 0. The normalized spacial score (nSPS) is 19.2. The van der Waals surface area contributed by atoms with Gasteiger partial charge in [0, 0.05) is 24.2 Å². The van der Waals surface area contributed by atoms with Crippen LogP contribution in [0.25, 0.3) is 0 Å². The van der Waals surface area contributed by atoms with Crippen LogP contribution in [0.15, 0.2) is 82.0 Å². The van der Waals surface area contributed by atoms with Gasteiger partial charge in [-0.1, -0.05) is 55.1 Å². The second kappa shape index (κ2) is 6.37. The summed E-state index contributed by atoms with van der Waals surface area (Å²) < 4.78 is 0. The summed E-state index contributed by atoms with van der Waals surface area (Å²) in [6.07, 6.45) is 5.82. The van der Waals surface area contributed by atoms with E-state index in [4.69, 9.17) is 9.98 Å². The lowest BCUT2D eigenvalue weighted by molar-refractivity contribution is 0.103. The van der Waals surface area contributed by atoms with Crippen LogP contribution in [-0.4, -0.2) is 35.4 Å². The van der Waals surface area contributed by atoms with Crippen molar-refractivity contribution in [1.82, 2.24) is 4.90 Å². The number of aliphatic imine (C=N–C) groups is 2. The van der Waals surface area contributed by atoms with Gasteiger partial charge >= 0.3 is 0 Å². The zero-order valence-corrected chi connectivity index (χ0v) is 15.0. The van der Waals surface area contributed by atoms with Crippen molar-refractivity contribution in [1.29, 1.82) is 0 Å². The van der Waals surface area contributed by atoms with Gasteiger partial charge in [-0.3, -0.25) is 4.79 Å². The first-order valence-electron chi connectivity index (χ1n) is 8.92. The highest BCUT2D eigenvalue weighted by atomic mass is 16.1. The van der Waals surface area contributed by atoms with E-state index in [9.17, 15) is 4.79 Å². The average Bonchev–Trinajstić information content (AvgIpc) is 3.30. The molecule has 2 aliphatic heterocycles. The third kappa shape index (κ3) is 2.49. The van der Waals surface area contributed by atoms with Crippen LogP contribution in [0.1, 0.15) is 35.7 Å². The number of allylic oxidation sites excluding steroid dienone is 6. The fraction of sp³-hybridized carbons (Fsp3) is 0.227. The number of rotatable bonds is 3. The molecule has 1 fully saturated rings. The number of carbonyl (C=O) groups is 1. The van der Waals surface area contributed by atoms with Crippen LogP contribution in [0, 0.1) is 0 Å². The molecule has 130 valence electrons. The maximum absolute atomic E-state index is 13.3. The van der Waals surface area contributed by atoms with E-state index in [0.29, 0.717) is 22.8 Å². The molecule has 4 rings (SSSR count). The number of likely N-dealkylation sites (tertiary alicyclic amines) is 1. The van der Waals surface area contributed by atoms with Crippen LogP contribution in [-0.2, 0) is 0 Å². The Balaban J connectivity index is 1.96. The molecule has 26 heavy (non-hydrogen) atoms. The van der Waals surface area contributed by atoms with Gasteiger partial charge in [0.2, 0.25) is 5.96 Å². The van der Waals surface area contributed by atoms with Gasteiger partial charge < -0.3 is 4.90 Å². The first kappa shape index (κ1) is 16.5. The summed E-state index contributed by atoms with van der Waals surface area (Å²) in [6.45, 7) is 11.7. The Bertz CT molecular complexity index is 953. The van der Waals surface area contributed by atoms with Crippen molar-refractivity contribution in [2.75, 3.05) is 13.1 Å². The molecule has 0 amide bonds. The number of Topliss-reactive ketones (excluding diaryl/α,β-unsaturated/α-hetero) is 1. The molecule has 4 heteroatoms. The van der Waals surface area contributed by atoms with Crippen molar-refractivity contribution in [2.24, 2.45) is 9.98 Å². The van der Waals surface area contributed by atoms with Crippen LogP contribution < -0.4 is 0 Å². The maximum atomic E-state index is 13.3. The number of fused-ring (bicyclic) bond motifs is 3.